The third-order valence-electron chi connectivity index (χ3n) is 4.41. The molecular weight excluding hydrogens is 336 g/mol. The summed E-state index contributed by atoms with van der Waals surface area (Å²) in [6.45, 7) is 4.08. The van der Waals surface area contributed by atoms with Crippen molar-refractivity contribution in [3.63, 3.8) is 0 Å². The van der Waals surface area contributed by atoms with Gasteiger partial charge in [-0.15, -0.1) is 0 Å². The molecule has 5 heteroatoms. The maximum Gasteiger partial charge on any atom is 0.259 e. The molecule has 0 saturated heterocycles. The van der Waals surface area contributed by atoms with E-state index in [-0.39, 0.29) is 11.9 Å². The molecule has 0 bridgehead atoms. The van der Waals surface area contributed by atoms with Gasteiger partial charge in [-0.3, -0.25) is 9.78 Å². The van der Waals surface area contributed by atoms with Crippen molar-refractivity contribution in [2.45, 2.75) is 19.9 Å². The molecule has 2 heterocycles. The van der Waals surface area contributed by atoms with Crippen molar-refractivity contribution < 1.29 is 4.79 Å². The largest absolute Gasteiger partial charge is 0.307 e. The number of hydrogen-bond donors (Lipinski definition) is 1. The van der Waals surface area contributed by atoms with Crippen molar-refractivity contribution in [3.05, 3.63) is 78.5 Å². The minimum Gasteiger partial charge on any atom is -0.307 e. The minimum atomic E-state index is -0.194. The number of rotatable bonds is 4. The van der Waals surface area contributed by atoms with Gasteiger partial charge in [-0.2, -0.15) is 5.10 Å². The molecule has 2 aromatic carbocycles. The van der Waals surface area contributed by atoms with Crippen LogP contribution in [0.1, 0.15) is 30.2 Å². The fourth-order valence-corrected chi connectivity index (χ4v) is 3.10. The second-order valence-electron chi connectivity index (χ2n) is 6.65. The molecule has 4 rings (SSSR count). The Balaban J connectivity index is 1.71. The van der Waals surface area contributed by atoms with Gasteiger partial charge in [-0.1, -0.05) is 48.5 Å². The summed E-state index contributed by atoms with van der Waals surface area (Å²) in [5.41, 5.74) is 3.08. The minimum absolute atomic E-state index is 0.114. The highest BCUT2D eigenvalue weighted by Crippen LogP contribution is 2.25. The van der Waals surface area contributed by atoms with E-state index in [1.165, 1.54) is 0 Å². The van der Waals surface area contributed by atoms with Crippen LogP contribution in [-0.4, -0.2) is 20.7 Å². The number of fused-ring (bicyclic) bond motifs is 1. The molecule has 0 radical (unpaired) electrons. The molecule has 27 heavy (non-hydrogen) atoms. The number of pyridine rings is 1. The fourth-order valence-electron chi connectivity index (χ4n) is 3.10. The van der Waals surface area contributed by atoms with Gasteiger partial charge in [0.2, 0.25) is 0 Å². The zero-order valence-electron chi connectivity index (χ0n) is 15.3. The van der Waals surface area contributed by atoms with Crippen LogP contribution in [0.4, 0.5) is 5.82 Å². The summed E-state index contributed by atoms with van der Waals surface area (Å²) >= 11 is 0. The lowest BCUT2D eigenvalue weighted by atomic mass is 10.1. The number of para-hydroxylation sites is 1. The summed E-state index contributed by atoms with van der Waals surface area (Å²) in [6, 6.07) is 21.4. The summed E-state index contributed by atoms with van der Waals surface area (Å²) < 4.78 is 1.83. The molecule has 0 unspecified atom stereocenters. The monoisotopic (exact) mass is 356 g/mol. The number of benzene rings is 2. The molecule has 2 aromatic heterocycles. The highest BCUT2D eigenvalue weighted by Gasteiger charge is 2.17. The highest BCUT2D eigenvalue weighted by molar-refractivity contribution is 6.11. The van der Waals surface area contributed by atoms with E-state index in [1.54, 1.807) is 12.3 Å². The van der Waals surface area contributed by atoms with Gasteiger partial charge in [-0.25, -0.2) is 4.68 Å². The molecule has 0 aliphatic rings. The van der Waals surface area contributed by atoms with Gasteiger partial charge in [0.05, 0.1) is 16.8 Å². The highest BCUT2D eigenvalue weighted by atomic mass is 16.1. The standard InChI is InChI=1S/C22H20N4O/c1-15(2)26-20(14-19(25-26)16-8-4-3-5-9-16)24-22(27)18-12-6-10-17-11-7-13-23-21(17)18/h3-15H,1-2H3,(H,24,27). The van der Waals surface area contributed by atoms with Crippen LogP contribution in [0.3, 0.4) is 0 Å². The predicted molar refractivity (Wildman–Crippen MR) is 108 cm³/mol. The lowest BCUT2D eigenvalue weighted by Crippen LogP contribution is -2.17. The van der Waals surface area contributed by atoms with E-state index in [4.69, 9.17) is 0 Å². The number of anilines is 1. The summed E-state index contributed by atoms with van der Waals surface area (Å²) in [6.07, 6.45) is 1.70. The summed E-state index contributed by atoms with van der Waals surface area (Å²) in [7, 11) is 0. The molecule has 0 spiro atoms. The van der Waals surface area contributed by atoms with E-state index in [0.717, 1.165) is 16.6 Å². The van der Waals surface area contributed by atoms with Crippen molar-refractivity contribution in [1.82, 2.24) is 14.8 Å². The van der Waals surface area contributed by atoms with Gasteiger partial charge in [-0.05, 0) is 26.0 Å². The van der Waals surface area contributed by atoms with E-state index in [1.807, 2.05) is 79.2 Å². The van der Waals surface area contributed by atoms with Gasteiger partial charge in [0.25, 0.3) is 5.91 Å². The van der Waals surface area contributed by atoms with Crippen LogP contribution >= 0.6 is 0 Å². The van der Waals surface area contributed by atoms with Crippen LogP contribution in [0.15, 0.2) is 72.9 Å². The van der Waals surface area contributed by atoms with Crippen LogP contribution in [-0.2, 0) is 0 Å². The quantitative estimate of drug-likeness (QED) is 0.564. The Bertz CT molecular complexity index is 1090. The van der Waals surface area contributed by atoms with Gasteiger partial charge < -0.3 is 5.32 Å². The molecule has 1 amide bonds. The van der Waals surface area contributed by atoms with Gasteiger partial charge >= 0.3 is 0 Å². The van der Waals surface area contributed by atoms with Crippen molar-refractivity contribution in [2.75, 3.05) is 5.32 Å². The smallest absolute Gasteiger partial charge is 0.259 e. The molecule has 0 aliphatic carbocycles. The number of carbonyl (C=O) groups is 1. The molecule has 0 atom stereocenters. The molecule has 0 saturated carbocycles. The van der Waals surface area contributed by atoms with E-state index in [9.17, 15) is 4.79 Å². The maximum atomic E-state index is 13.0. The van der Waals surface area contributed by atoms with E-state index in [2.05, 4.69) is 15.4 Å². The van der Waals surface area contributed by atoms with Gasteiger partial charge in [0.1, 0.15) is 5.82 Å². The molecule has 4 aromatic rings. The maximum absolute atomic E-state index is 13.0. The van der Waals surface area contributed by atoms with Crippen LogP contribution in [0, 0.1) is 0 Å². The zero-order chi connectivity index (χ0) is 18.8. The SMILES string of the molecule is CC(C)n1nc(-c2ccccc2)cc1NC(=O)c1cccc2cccnc12. The number of nitrogens with zero attached hydrogens (tertiary/aromatic N) is 3. The Morgan fingerprint density at radius 3 is 2.56 bits per heavy atom. The third-order valence-corrected chi connectivity index (χ3v) is 4.41. The molecule has 0 aliphatic heterocycles. The molecule has 1 N–H and O–H groups in total. The van der Waals surface area contributed by atoms with E-state index < -0.39 is 0 Å². The summed E-state index contributed by atoms with van der Waals surface area (Å²) in [5, 5.41) is 8.62. The summed E-state index contributed by atoms with van der Waals surface area (Å²) in [4.78, 5) is 17.3. The first-order valence-corrected chi connectivity index (χ1v) is 8.93. The second kappa shape index (κ2) is 7.03. The fraction of sp³-hybridized carbons (Fsp3) is 0.136. The second-order valence-corrected chi connectivity index (χ2v) is 6.65. The molecule has 5 nitrogen and oxygen atoms in total. The third kappa shape index (κ3) is 3.31. The number of carbonyl (C=O) groups excluding carboxylic acids is 1. The van der Waals surface area contributed by atoms with Crippen molar-refractivity contribution in [2.24, 2.45) is 0 Å². The number of hydrogen-bond acceptors (Lipinski definition) is 3. The first-order valence-electron chi connectivity index (χ1n) is 8.93. The average molecular weight is 356 g/mol. The number of nitrogens with one attached hydrogen (secondary N) is 1. The van der Waals surface area contributed by atoms with E-state index in [0.29, 0.717) is 16.9 Å². The Kier molecular flexibility index (Phi) is 4.42. The lowest BCUT2D eigenvalue weighted by Gasteiger charge is -2.12. The Morgan fingerprint density at radius 2 is 1.78 bits per heavy atom. The molecular formula is C22H20N4O. The first kappa shape index (κ1) is 17.0. The van der Waals surface area contributed by atoms with Crippen LogP contribution in [0.25, 0.3) is 22.2 Å². The lowest BCUT2D eigenvalue weighted by molar-refractivity contribution is 0.102. The Hall–Kier alpha value is -3.47. The van der Waals surface area contributed by atoms with Crippen LogP contribution in [0.5, 0.6) is 0 Å². The number of amides is 1. The van der Waals surface area contributed by atoms with Crippen LogP contribution in [0.2, 0.25) is 0 Å². The Morgan fingerprint density at radius 1 is 1.00 bits per heavy atom. The van der Waals surface area contributed by atoms with Gasteiger partial charge in [0, 0.05) is 29.3 Å². The van der Waals surface area contributed by atoms with Crippen molar-refractivity contribution in [1.29, 1.82) is 0 Å². The average Bonchev–Trinajstić information content (AvgIpc) is 3.12. The van der Waals surface area contributed by atoms with Crippen molar-refractivity contribution in [3.8, 4) is 11.3 Å². The van der Waals surface area contributed by atoms with E-state index >= 15 is 0 Å². The Labute approximate surface area is 157 Å². The summed E-state index contributed by atoms with van der Waals surface area (Å²) in [5.74, 6) is 0.475. The van der Waals surface area contributed by atoms with Gasteiger partial charge in [0.15, 0.2) is 0 Å². The molecule has 134 valence electrons. The normalized spacial score (nSPS) is 11.1. The predicted octanol–water partition coefficient (Wildman–Crippen LogP) is 4.93. The number of aromatic nitrogens is 3. The molecule has 0 fully saturated rings. The topological polar surface area (TPSA) is 59.8 Å². The zero-order valence-corrected chi connectivity index (χ0v) is 15.3. The van der Waals surface area contributed by atoms with Crippen molar-refractivity contribution >= 4 is 22.6 Å². The van der Waals surface area contributed by atoms with Crippen LogP contribution < -0.4 is 5.32 Å². The first-order chi connectivity index (χ1) is 13.1.